The van der Waals surface area contributed by atoms with Gasteiger partial charge in [0.15, 0.2) is 0 Å². The van der Waals surface area contributed by atoms with Gasteiger partial charge in [0, 0.05) is 21.5 Å². The molecule has 0 radical (unpaired) electrons. The summed E-state index contributed by atoms with van der Waals surface area (Å²) in [6.45, 7) is 16.9. The zero-order valence-corrected chi connectivity index (χ0v) is 35.2. The predicted octanol–water partition coefficient (Wildman–Crippen LogP) is 12.1. The molecule has 9 atom stereocenters. The molecule has 5 aliphatic carbocycles. The van der Waals surface area contributed by atoms with E-state index in [9.17, 15) is 14.0 Å². The number of fused-ring (bicyclic) bond motifs is 7. The van der Waals surface area contributed by atoms with Crippen molar-refractivity contribution in [3.63, 3.8) is 0 Å². The smallest absolute Gasteiger partial charge is 0.331 e. The average molecular weight is 804 g/mol. The van der Waals surface area contributed by atoms with Crippen molar-refractivity contribution in [2.45, 2.75) is 125 Å². The van der Waals surface area contributed by atoms with Crippen LogP contribution in [0.3, 0.4) is 0 Å². The van der Waals surface area contributed by atoms with Crippen LogP contribution in [0.4, 0.5) is 4.39 Å². The van der Waals surface area contributed by atoms with Gasteiger partial charge in [-0.3, -0.25) is 4.79 Å². The molecule has 7 rings (SSSR count). The van der Waals surface area contributed by atoms with Crippen LogP contribution in [0.15, 0.2) is 64.7 Å². The Kier molecular flexibility index (Phi) is 10.1. The van der Waals surface area contributed by atoms with Gasteiger partial charge in [0.05, 0.1) is 12.5 Å². The first-order chi connectivity index (χ1) is 25.4. The summed E-state index contributed by atoms with van der Waals surface area (Å²) in [4.78, 5) is 27.1. The van der Waals surface area contributed by atoms with Crippen LogP contribution in [0.25, 0.3) is 6.08 Å². The topological polar surface area (TPSA) is 61.8 Å². The minimum absolute atomic E-state index is 0.0369. The number of rotatable bonds is 7. The molecule has 0 aromatic heterocycles. The third-order valence-electron chi connectivity index (χ3n) is 16.4. The summed E-state index contributed by atoms with van der Waals surface area (Å²) < 4.78 is 32.8. The van der Waals surface area contributed by atoms with E-state index in [0.717, 1.165) is 69.1 Å². The zero-order valence-electron chi connectivity index (χ0n) is 33.7. The normalized spacial score (nSPS) is 38.2. The summed E-state index contributed by atoms with van der Waals surface area (Å²) in [6, 6.07) is 12.6. The van der Waals surface area contributed by atoms with E-state index < -0.39 is 5.41 Å². The minimum Gasteiger partial charge on any atom is -0.497 e. The SMILES string of the molecule is COc1cccc(/C=C/C(=O)O[C@H]2CC[C@]3(C)[C@H]4CC=C5[C@@H]6C[C@@](C)(C(=O)OCc7ccc(Br)cc7F)CC[C@]6(C)CC[C@@]5(C)[C@]4(C)CC[C@H]3C2(C)C)c1. The lowest BCUT2D eigenvalue weighted by Gasteiger charge is -2.71. The van der Waals surface area contributed by atoms with Gasteiger partial charge in [0.2, 0.25) is 0 Å². The number of ether oxygens (including phenoxy) is 3. The van der Waals surface area contributed by atoms with Crippen molar-refractivity contribution in [3.8, 4) is 5.75 Å². The fourth-order valence-electron chi connectivity index (χ4n) is 12.8. The number of methoxy groups -OCH3 is 1. The Labute approximate surface area is 331 Å². The molecule has 0 aliphatic heterocycles. The molecule has 0 unspecified atom stereocenters. The van der Waals surface area contributed by atoms with E-state index in [1.165, 1.54) is 12.5 Å². The number of benzene rings is 2. The summed E-state index contributed by atoms with van der Waals surface area (Å²) in [5.41, 5.74) is 2.54. The Balaban J connectivity index is 1.09. The third kappa shape index (κ3) is 6.40. The highest BCUT2D eigenvalue weighted by Crippen LogP contribution is 2.75. The largest absolute Gasteiger partial charge is 0.497 e. The molecule has 0 saturated heterocycles. The Morgan fingerprint density at radius 1 is 0.907 bits per heavy atom. The number of hydrogen-bond acceptors (Lipinski definition) is 5. The fraction of sp³-hybridized carbons (Fsp3) is 0.617. The lowest BCUT2D eigenvalue weighted by Crippen LogP contribution is -2.64. The molecular weight excluding hydrogens is 743 g/mol. The van der Waals surface area contributed by atoms with Crippen molar-refractivity contribution in [2.24, 2.45) is 50.2 Å². The summed E-state index contributed by atoms with van der Waals surface area (Å²) in [7, 11) is 1.64. The molecule has 292 valence electrons. The molecule has 4 fully saturated rings. The summed E-state index contributed by atoms with van der Waals surface area (Å²) in [6.07, 6.45) is 16.0. The summed E-state index contributed by atoms with van der Waals surface area (Å²) in [5, 5.41) is 0. The molecule has 54 heavy (non-hydrogen) atoms. The molecular formula is C47H60BrFO5. The summed E-state index contributed by atoms with van der Waals surface area (Å²) >= 11 is 3.32. The van der Waals surface area contributed by atoms with Crippen molar-refractivity contribution >= 4 is 33.9 Å². The van der Waals surface area contributed by atoms with E-state index >= 15 is 0 Å². The van der Waals surface area contributed by atoms with Gasteiger partial charge in [-0.05, 0) is 146 Å². The Hall–Kier alpha value is -2.93. The highest BCUT2D eigenvalue weighted by Gasteiger charge is 2.68. The van der Waals surface area contributed by atoms with Gasteiger partial charge in [-0.15, -0.1) is 0 Å². The second-order valence-corrected chi connectivity index (χ2v) is 20.4. The van der Waals surface area contributed by atoms with Crippen molar-refractivity contribution in [3.05, 3.63) is 81.6 Å². The molecule has 5 nitrogen and oxygen atoms in total. The Morgan fingerprint density at radius 2 is 1.67 bits per heavy atom. The first-order valence-corrected chi connectivity index (χ1v) is 21.0. The van der Waals surface area contributed by atoms with Gasteiger partial charge in [-0.1, -0.05) is 87.3 Å². The highest BCUT2D eigenvalue weighted by molar-refractivity contribution is 9.10. The van der Waals surface area contributed by atoms with Crippen molar-refractivity contribution in [2.75, 3.05) is 7.11 Å². The van der Waals surface area contributed by atoms with Crippen LogP contribution >= 0.6 is 15.9 Å². The molecule has 0 bridgehead atoms. The average Bonchev–Trinajstić information content (AvgIpc) is 3.12. The Morgan fingerprint density at radius 3 is 2.41 bits per heavy atom. The molecule has 5 aliphatic rings. The van der Waals surface area contributed by atoms with E-state index in [-0.39, 0.29) is 57.5 Å². The summed E-state index contributed by atoms with van der Waals surface area (Å²) in [5.74, 6) is 1.17. The first-order valence-electron chi connectivity index (χ1n) is 20.2. The minimum atomic E-state index is -0.612. The van der Waals surface area contributed by atoms with Crippen LogP contribution in [-0.2, 0) is 25.7 Å². The van der Waals surface area contributed by atoms with Gasteiger partial charge in [0.1, 0.15) is 24.3 Å². The molecule has 0 heterocycles. The van der Waals surface area contributed by atoms with E-state index in [1.54, 1.807) is 30.9 Å². The van der Waals surface area contributed by atoms with Crippen LogP contribution in [0.1, 0.15) is 124 Å². The number of carbonyl (C=O) groups excluding carboxylic acids is 2. The van der Waals surface area contributed by atoms with Crippen molar-refractivity contribution in [1.29, 1.82) is 0 Å². The van der Waals surface area contributed by atoms with E-state index in [2.05, 4.69) is 70.5 Å². The number of carbonyl (C=O) groups is 2. The molecule has 0 amide bonds. The highest BCUT2D eigenvalue weighted by atomic mass is 79.9. The maximum Gasteiger partial charge on any atom is 0.331 e. The maximum atomic E-state index is 14.6. The van der Waals surface area contributed by atoms with Crippen molar-refractivity contribution in [1.82, 2.24) is 0 Å². The first kappa shape index (κ1) is 39.3. The van der Waals surface area contributed by atoms with Gasteiger partial charge in [-0.2, -0.15) is 0 Å². The number of hydrogen-bond donors (Lipinski definition) is 0. The van der Waals surface area contributed by atoms with Gasteiger partial charge in [-0.25, -0.2) is 9.18 Å². The molecule has 2 aromatic rings. The van der Waals surface area contributed by atoms with Crippen LogP contribution in [-0.4, -0.2) is 25.2 Å². The molecule has 0 spiro atoms. The van der Waals surface area contributed by atoms with Gasteiger partial charge in [0.25, 0.3) is 0 Å². The van der Waals surface area contributed by atoms with Gasteiger partial charge < -0.3 is 14.2 Å². The number of allylic oxidation sites excluding steroid dienone is 2. The van der Waals surface area contributed by atoms with E-state index in [1.807, 2.05) is 30.3 Å². The quantitative estimate of drug-likeness (QED) is 0.158. The zero-order chi connectivity index (χ0) is 38.9. The van der Waals surface area contributed by atoms with Crippen LogP contribution in [0.5, 0.6) is 5.75 Å². The molecule has 7 heteroatoms. The molecule has 0 N–H and O–H groups in total. The second-order valence-electron chi connectivity index (χ2n) is 19.5. The Bertz CT molecular complexity index is 1870. The van der Waals surface area contributed by atoms with Crippen LogP contribution in [0, 0.1) is 56.1 Å². The lowest BCUT2D eigenvalue weighted by atomic mass is 9.33. The predicted molar refractivity (Wildman–Crippen MR) is 215 cm³/mol. The van der Waals surface area contributed by atoms with Crippen LogP contribution < -0.4 is 4.74 Å². The number of esters is 2. The number of halogens is 2. The van der Waals surface area contributed by atoms with E-state index in [4.69, 9.17) is 14.2 Å². The molecule has 2 aromatic carbocycles. The van der Waals surface area contributed by atoms with Gasteiger partial charge >= 0.3 is 11.9 Å². The monoisotopic (exact) mass is 802 g/mol. The molecule has 4 saturated carbocycles. The third-order valence-corrected chi connectivity index (χ3v) is 16.9. The fourth-order valence-corrected chi connectivity index (χ4v) is 13.1. The maximum absolute atomic E-state index is 14.6. The standard InChI is InChI=1S/C47H60BrFO5/c1-42(2)37-18-21-47(7)38(45(37,5)20-19-39(42)54-40(50)17-12-30-10-9-11-33(26-30)52-8)16-15-34-35-28-44(4,23-22-43(35,3)24-25-46(34,47)6)41(51)53-29-31-13-14-32(48)27-36(31)49/h9-15,17,26-27,35,37-39H,16,18-25,28-29H2,1-8H3/b17-12+/t35-,37-,38+,39-,43+,44-,45-,46+,47+/m0/s1. The lowest BCUT2D eigenvalue weighted by molar-refractivity contribution is -0.211. The van der Waals surface area contributed by atoms with Crippen molar-refractivity contribution < 1.29 is 28.2 Å². The van der Waals surface area contributed by atoms with Crippen LogP contribution in [0.2, 0.25) is 0 Å². The second kappa shape index (κ2) is 13.9. The van der Waals surface area contributed by atoms with E-state index in [0.29, 0.717) is 27.8 Å².